The van der Waals surface area contributed by atoms with E-state index >= 15 is 0 Å². The van der Waals surface area contributed by atoms with Crippen LogP contribution in [-0.4, -0.2) is 31.5 Å². The standard InChI is InChI=1S/C46H69BN2O4/c1-45(2)46(3,4)53-47(52-45)42(31-23-19-15-11-7-9-13-17-21-25-35-51-44-33-27-29-41(37-44)39-49)30-22-18-14-10-6-5-8-12-16-20-24-34-50-43-32-26-28-40(36-43)38-48/h26-30,32-33,36-37H,5-25,31,34-35H2,1-4H3. The van der Waals surface area contributed by atoms with Crippen molar-refractivity contribution in [3.63, 3.8) is 0 Å². The third-order valence-corrected chi connectivity index (χ3v) is 10.9. The van der Waals surface area contributed by atoms with Gasteiger partial charge in [0.15, 0.2) is 0 Å². The number of benzene rings is 2. The molecule has 0 atom stereocenters. The quantitative estimate of drug-likeness (QED) is 0.0613. The summed E-state index contributed by atoms with van der Waals surface area (Å²) in [5.74, 6) is 1.59. The van der Waals surface area contributed by atoms with E-state index in [2.05, 4.69) is 45.9 Å². The third-order valence-electron chi connectivity index (χ3n) is 10.9. The number of hydrogen-bond donors (Lipinski definition) is 0. The first-order valence-corrected chi connectivity index (χ1v) is 21.0. The molecule has 0 aromatic heterocycles. The number of nitrogens with zero attached hydrogens (tertiary/aromatic N) is 2. The molecule has 0 N–H and O–H groups in total. The molecule has 2 aromatic carbocycles. The SMILES string of the molecule is CC1(C)OB(C(=CCCCCCCCCCCCCOc2cccc(C#N)c2)CCCCCCCCCCCCOc2cccc(C#N)c2)OC1(C)C. The molecule has 1 fully saturated rings. The van der Waals surface area contributed by atoms with Gasteiger partial charge in [-0.25, -0.2) is 0 Å². The lowest BCUT2D eigenvalue weighted by atomic mass is 9.74. The van der Waals surface area contributed by atoms with Gasteiger partial charge in [-0.05, 0) is 102 Å². The van der Waals surface area contributed by atoms with Gasteiger partial charge in [0.05, 0.1) is 47.7 Å². The Morgan fingerprint density at radius 3 is 1.36 bits per heavy atom. The van der Waals surface area contributed by atoms with Crippen LogP contribution >= 0.6 is 0 Å². The summed E-state index contributed by atoms with van der Waals surface area (Å²) in [7, 11) is -0.213. The molecule has 0 aliphatic carbocycles. The summed E-state index contributed by atoms with van der Waals surface area (Å²) in [5, 5.41) is 18.0. The molecular formula is C46H69BN2O4. The van der Waals surface area contributed by atoms with Gasteiger partial charge in [-0.2, -0.15) is 10.5 Å². The van der Waals surface area contributed by atoms with Gasteiger partial charge in [-0.3, -0.25) is 0 Å². The van der Waals surface area contributed by atoms with Gasteiger partial charge in [0.1, 0.15) is 11.5 Å². The van der Waals surface area contributed by atoms with Crippen molar-refractivity contribution in [2.45, 2.75) is 180 Å². The lowest BCUT2D eigenvalue weighted by molar-refractivity contribution is 0.00578. The highest BCUT2D eigenvalue weighted by atomic mass is 16.7. The minimum atomic E-state index is -0.299. The third kappa shape index (κ3) is 18.1. The van der Waals surface area contributed by atoms with E-state index in [4.69, 9.17) is 29.3 Å². The molecule has 1 saturated heterocycles. The summed E-state index contributed by atoms with van der Waals surface area (Å²) in [6.45, 7) is 10.1. The topological polar surface area (TPSA) is 84.5 Å². The average Bonchev–Trinajstić information content (AvgIpc) is 3.38. The second-order valence-electron chi connectivity index (χ2n) is 16.0. The van der Waals surface area contributed by atoms with E-state index < -0.39 is 0 Å². The minimum Gasteiger partial charge on any atom is -0.494 e. The Balaban J connectivity index is 1.18. The number of unbranched alkanes of at least 4 members (excludes halogenated alkanes) is 19. The summed E-state index contributed by atoms with van der Waals surface area (Å²) >= 11 is 0. The molecule has 0 unspecified atom stereocenters. The van der Waals surface area contributed by atoms with Gasteiger partial charge in [-0.1, -0.05) is 127 Å². The van der Waals surface area contributed by atoms with E-state index in [9.17, 15) is 0 Å². The van der Waals surface area contributed by atoms with Crippen molar-refractivity contribution in [3.8, 4) is 23.6 Å². The summed E-state index contributed by atoms with van der Waals surface area (Å²) in [6.07, 6.45) is 29.9. The van der Waals surface area contributed by atoms with Gasteiger partial charge in [0, 0.05) is 0 Å². The van der Waals surface area contributed by atoms with Crippen LogP contribution < -0.4 is 9.47 Å². The molecule has 53 heavy (non-hydrogen) atoms. The van der Waals surface area contributed by atoms with E-state index in [1.807, 2.05) is 36.4 Å². The maximum absolute atomic E-state index is 9.02. The molecule has 0 amide bonds. The Bertz CT molecular complexity index is 1390. The smallest absolute Gasteiger partial charge is 0.490 e. The molecule has 1 heterocycles. The number of nitriles is 2. The monoisotopic (exact) mass is 725 g/mol. The molecule has 6 nitrogen and oxygen atoms in total. The van der Waals surface area contributed by atoms with E-state index in [-0.39, 0.29) is 18.3 Å². The van der Waals surface area contributed by atoms with Crippen molar-refractivity contribution in [1.29, 1.82) is 10.5 Å². The predicted octanol–water partition coefficient (Wildman–Crippen LogP) is 13.0. The van der Waals surface area contributed by atoms with Gasteiger partial charge >= 0.3 is 7.12 Å². The highest BCUT2D eigenvalue weighted by Crippen LogP contribution is 2.39. The highest BCUT2D eigenvalue weighted by Gasteiger charge is 2.52. The van der Waals surface area contributed by atoms with Crippen molar-refractivity contribution in [2.75, 3.05) is 13.2 Å². The molecule has 290 valence electrons. The Hall–Kier alpha value is -3.26. The average molecular weight is 725 g/mol. The number of rotatable bonds is 29. The summed E-state index contributed by atoms with van der Waals surface area (Å²) < 4.78 is 24.6. The first kappa shape index (κ1) is 44.1. The summed E-state index contributed by atoms with van der Waals surface area (Å²) in [5.41, 5.74) is 2.06. The number of hydrogen-bond acceptors (Lipinski definition) is 6. The van der Waals surface area contributed by atoms with E-state index in [1.54, 1.807) is 12.1 Å². The fourth-order valence-electron chi connectivity index (χ4n) is 6.79. The zero-order valence-corrected chi connectivity index (χ0v) is 33.8. The minimum absolute atomic E-state index is 0.213. The van der Waals surface area contributed by atoms with Crippen LogP contribution in [0, 0.1) is 22.7 Å². The Morgan fingerprint density at radius 2 is 0.943 bits per heavy atom. The van der Waals surface area contributed by atoms with Crippen molar-refractivity contribution in [2.24, 2.45) is 0 Å². The summed E-state index contributed by atoms with van der Waals surface area (Å²) in [6, 6.07) is 19.1. The molecular weight excluding hydrogens is 655 g/mol. The fraction of sp³-hybridized carbons (Fsp3) is 0.652. The lowest BCUT2D eigenvalue weighted by Crippen LogP contribution is -2.41. The molecule has 1 aliphatic rings. The zero-order valence-electron chi connectivity index (χ0n) is 33.8. The van der Waals surface area contributed by atoms with Crippen LogP contribution in [-0.2, 0) is 9.31 Å². The van der Waals surface area contributed by atoms with Crippen molar-refractivity contribution >= 4 is 7.12 Å². The maximum Gasteiger partial charge on any atom is 0.490 e. The van der Waals surface area contributed by atoms with Gasteiger partial charge < -0.3 is 18.8 Å². The normalized spacial score (nSPS) is 14.9. The molecule has 0 bridgehead atoms. The second-order valence-corrected chi connectivity index (χ2v) is 16.0. The second kappa shape index (κ2) is 25.7. The molecule has 3 rings (SSSR count). The van der Waals surface area contributed by atoms with Crippen molar-refractivity contribution < 1.29 is 18.8 Å². The molecule has 0 spiro atoms. The largest absolute Gasteiger partial charge is 0.494 e. The Kier molecular flexibility index (Phi) is 21.4. The van der Waals surface area contributed by atoms with Crippen LogP contribution in [0.15, 0.2) is 60.1 Å². The van der Waals surface area contributed by atoms with Crippen LogP contribution in [0.25, 0.3) is 0 Å². The van der Waals surface area contributed by atoms with Crippen LogP contribution in [0.3, 0.4) is 0 Å². The van der Waals surface area contributed by atoms with E-state index in [0.717, 1.165) is 50.4 Å². The molecule has 1 aliphatic heterocycles. The Labute approximate surface area is 323 Å². The predicted molar refractivity (Wildman–Crippen MR) is 219 cm³/mol. The van der Waals surface area contributed by atoms with Crippen LogP contribution in [0.2, 0.25) is 0 Å². The van der Waals surface area contributed by atoms with Crippen molar-refractivity contribution in [1.82, 2.24) is 0 Å². The fourth-order valence-corrected chi connectivity index (χ4v) is 6.79. The zero-order chi connectivity index (χ0) is 38.0. The molecule has 0 radical (unpaired) electrons. The first-order chi connectivity index (χ1) is 25.7. The lowest BCUT2D eigenvalue weighted by Gasteiger charge is -2.32. The highest BCUT2D eigenvalue weighted by molar-refractivity contribution is 6.54. The van der Waals surface area contributed by atoms with Crippen molar-refractivity contribution in [3.05, 3.63) is 71.2 Å². The Morgan fingerprint density at radius 1 is 0.566 bits per heavy atom. The maximum atomic E-state index is 9.02. The van der Waals surface area contributed by atoms with E-state index in [0.29, 0.717) is 11.1 Å². The first-order valence-electron chi connectivity index (χ1n) is 21.0. The molecule has 7 heteroatoms. The number of ether oxygens (including phenoxy) is 2. The van der Waals surface area contributed by atoms with Gasteiger partial charge in [-0.15, -0.1) is 0 Å². The van der Waals surface area contributed by atoms with Crippen LogP contribution in [0.5, 0.6) is 11.5 Å². The molecule has 2 aromatic rings. The van der Waals surface area contributed by atoms with Crippen LogP contribution in [0.1, 0.15) is 180 Å². The molecule has 0 saturated carbocycles. The number of allylic oxidation sites excluding steroid dienone is 2. The summed E-state index contributed by atoms with van der Waals surface area (Å²) in [4.78, 5) is 0. The van der Waals surface area contributed by atoms with Crippen LogP contribution in [0.4, 0.5) is 0 Å². The van der Waals surface area contributed by atoms with E-state index in [1.165, 1.54) is 121 Å². The van der Waals surface area contributed by atoms with Gasteiger partial charge in [0.2, 0.25) is 0 Å². The van der Waals surface area contributed by atoms with Gasteiger partial charge in [0.25, 0.3) is 0 Å².